The van der Waals surface area contributed by atoms with Crippen LogP contribution in [0.5, 0.6) is 11.5 Å². The van der Waals surface area contributed by atoms with Crippen molar-refractivity contribution in [3.63, 3.8) is 0 Å². The van der Waals surface area contributed by atoms with Crippen LogP contribution in [-0.4, -0.2) is 58.7 Å². The van der Waals surface area contributed by atoms with Crippen molar-refractivity contribution in [1.82, 2.24) is 5.32 Å². The molecule has 1 aliphatic rings. The molecule has 2 heterocycles. The van der Waals surface area contributed by atoms with Gasteiger partial charge >= 0.3 is 11.7 Å². The number of aliphatic hydroxyl groups excluding tert-OH is 1. The number of methoxy groups -OCH3 is 1. The van der Waals surface area contributed by atoms with Crippen LogP contribution in [0.2, 0.25) is 0 Å². The number of hydrogen-bond donors (Lipinski definition) is 5. The average molecular weight is 583 g/mol. The number of ether oxygens (including phenoxy) is 3. The second-order valence-corrected chi connectivity index (χ2v) is 11.2. The summed E-state index contributed by atoms with van der Waals surface area (Å²) in [5.41, 5.74) is 2.34. The van der Waals surface area contributed by atoms with Crippen LogP contribution in [0.4, 0.5) is 10.5 Å². The fourth-order valence-electron chi connectivity index (χ4n) is 5.15. The van der Waals surface area contributed by atoms with Crippen molar-refractivity contribution in [1.29, 1.82) is 0 Å². The highest BCUT2D eigenvalue weighted by Crippen LogP contribution is 2.35. The number of benzene rings is 2. The maximum atomic E-state index is 12.9. The van der Waals surface area contributed by atoms with E-state index in [1.807, 2.05) is 26.0 Å². The van der Waals surface area contributed by atoms with E-state index < -0.39 is 41.9 Å². The Morgan fingerprint density at radius 2 is 1.90 bits per heavy atom. The summed E-state index contributed by atoms with van der Waals surface area (Å²) < 4.78 is 23.1. The quantitative estimate of drug-likeness (QED) is 0.180. The van der Waals surface area contributed by atoms with Crippen LogP contribution in [-0.2, 0) is 22.4 Å². The number of anilines is 1. The summed E-state index contributed by atoms with van der Waals surface area (Å²) in [5, 5.41) is 36.5. The van der Waals surface area contributed by atoms with E-state index in [1.165, 1.54) is 7.11 Å². The number of allylic oxidation sites excluding steroid dienone is 2. The lowest BCUT2D eigenvalue weighted by molar-refractivity contribution is -0.281. The number of nitrogens with one attached hydrogen (secondary N) is 2. The van der Waals surface area contributed by atoms with Gasteiger partial charge in [-0.3, -0.25) is 0 Å². The predicted molar refractivity (Wildman–Crippen MR) is 157 cm³/mol. The summed E-state index contributed by atoms with van der Waals surface area (Å²) in [6, 6.07) is 9.38. The molecule has 1 amide bonds. The molecule has 0 aliphatic carbocycles. The number of aryl methyl sites for hydroxylation is 1. The largest absolute Gasteiger partial charge is 0.508 e. The van der Waals surface area contributed by atoms with Gasteiger partial charge in [0.15, 0.2) is 0 Å². The molecule has 5 N–H and O–H groups in total. The average Bonchev–Trinajstić information content (AvgIpc) is 2.91. The Bertz CT molecular complexity index is 1540. The van der Waals surface area contributed by atoms with Gasteiger partial charge < -0.3 is 44.6 Å². The summed E-state index contributed by atoms with van der Waals surface area (Å²) in [6.45, 7) is 9.48. The Labute approximate surface area is 243 Å². The molecule has 4 rings (SSSR count). The molecule has 1 aliphatic heterocycles. The third-order valence-corrected chi connectivity index (χ3v) is 7.32. The van der Waals surface area contributed by atoms with Crippen LogP contribution in [0.1, 0.15) is 44.4 Å². The Morgan fingerprint density at radius 3 is 2.57 bits per heavy atom. The number of hydrogen-bond acceptors (Lipinski definition) is 9. The van der Waals surface area contributed by atoms with Gasteiger partial charge in [0, 0.05) is 24.6 Å². The Kier molecular flexibility index (Phi) is 9.15. The molecule has 1 aromatic heterocycles. The van der Waals surface area contributed by atoms with Crippen molar-refractivity contribution in [2.24, 2.45) is 0 Å². The molecular weight excluding hydrogens is 544 g/mol. The van der Waals surface area contributed by atoms with Gasteiger partial charge in [-0.2, -0.15) is 0 Å². The number of aliphatic hydroxyl groups is 1. The fourth-order valence-corrected chi connectivity index (χ4v) is 5.15. The monoisotopic (exact) mass is 582 g/mol. The maximum absolute atomic E-state index is 12.9. The lowest BCUT2D eigenvalue weighted by Crippen LogP contribution is -2.68. The maximum Gasteiger partial charge on any atom is 0.405 e. The van der Waals surface area contributed by atoms with E-state index >= 15 is 0 Å². The highest BCUT2D eigenvalue weighted by atomic mass is 16.7. The first-order valence-corrected chi connectivity index (χ1v) is 13.6. The van der Waals surface area contributed by atoms with E-state index in [1.54, 1.807) is 51.1 Å². The van der Waals surface area contributed by atoms with Gasteiger partial charge in [0.1, 0.15) is 35.0 Å². The zero-order valence-corrected chi connectivity index (χ0v) is 24.6. The SMILES string of the molecule is CO[C@@H]1[C@@H](NC(=O)O)[C@@H](O)[C@H](Oc2ccc3cc(NCc4ccc(O)c(CC=C(C)C)c4)c(=O)oc3c2C)OC1(C)C. The Morgan fingerprint density at radius 1 is 1.17 bits per heavy atom. The number of aromatic hydroxyl groups is 1. The van der Waals surface area contributed by atoms with Crippen molar-refractivity contribution >= 4 is 22.7 Å². The number of rotatable bonds is 9. The van der Waals surface area contributed by atoms with Crippen molar-refractivity contribution in [2.45, 2.75) is 77.7 Å². The van der Waals surface area contributed by atoms with Crippen LogP contribution in [0, 0.1) is 6.92 Å². The van der Waals surface area contributed by atoms with Crippen LogP contribution in [0.3, 0.4) is 0 Å². The van der Waals surface area contributed by atoms with E-state index in [4.69, 9.17) is 18.6 Å². The van der Waals surface area contributed by atoms with Gasteiger partial charge in [-0.15, -0.1) is 0 Å². The van der Waals surface area contributed by atoms with Crippen molar-refractivity contribution in [3.05, 3.63) is 75.2 Å². The summed E-state index contributed by atoms with van der Waals surface area (Å²) >= 11 is 0. The van der Waals surface area contributed by atoms with E-state index in [2.05, 4.69) is 10.6 Å². The minimum atomic E-state index is -1.39. The lowest BCUT2D eigenvalue weighted by Gasteiger charge is -2.48. The van der Waals surface area contributed by atoms with E-state index in [-0.39, 0.29) is 11.4 Å². The van der Waals surface area contributed by atoms with Crippen molar-refractivity contribution in [2.75, 3.05) is 12.4 Å². The third-order valence-electron chi connectivity index (χ3n) is 7.32. The normalized spacial score (nSPS) is 21.5. The first kappa shape index (κ1) is 30.9. The second kappa shape index (κ2) is 12.4. The summed E-state index contributed by atoms with van der Waals surface area (Å²) in [6.07, 6.45) is -2.09. The van der Waals surface area contributed by atoms with Gasteiger partial charge in [-0.1, -0.05) is 23.8 Å². The molecule has 11 heteroatoms. The number of carboxylic acid groups (broad SMARTS) is 1. The highest BCUT2D eigenvalue weighted by molar-refractivity contribution is 5.84. The van der Waals surface area contributed by atoms with E-state index in [9.17, 15) is 24.9 Å². The summed E-state index contributed by atoms with van der Waals surface area (Å²) in [4.78, 5) is 24.3. The molecule has 0 spiro atoms. The molecule has 226 valence electrons. The number of phenols is 1. The van der Waals surface area contributed by atoms with Crippen molar-refractivity contribution < 1.29 is 38.7 Å². The second-order valence-electron chi connectivity index (χ2n) is 11.2. The van der Waals surface area contributed by atoms with Gasteiger partial charge in [0.05, 0.1) is 11.6 Å². The van der Waals surface area contributed by atoms with E-state index in [0.29, 0.717) is 35.2 Å². The smallest absolute Gasteiger partial charge is 0.405 e. The fraction of sp³-hybridized carbons (Fsp3) is 0.419. The topological polar surface area (TPSA) is 160 Å². The number of carbonyl (C=O) groups is 1. The molecule has 2 aromatic carbocycles. The van der Waals surface area contributed by atoms with Gasteiger partial charge in [-0.25, -0.2) is 9.59 Å². The van der Waals surface area contributed by atoms with E-state index in [0.717, 1.165) is 16.7 Å². The number of phenolic OH excluding ortho intramolecular Hbond substituents is 1. The van der Waals surface area contributed by atoms with Crippen LogP contribution in [0.15, 0.2) is 57.3 Å². The summed E-state index contributed by atoms with van der Waals surface area (Å²) in [5.74, 6) is 0.515. The molecule has 4 atom stereocenters. The molecule has 0 unspecified atom stereocenters. The number of amides is 1. The van der Waals surface area contributed by atoms with Gasteiger partial charge in [0.25, 0.3) is 0 Å². The first-order chi connectivity index (χ1) is 19.8. The molecular formula is C31H38N2O9. The van der Waals surface area contributed by atoms with Gasteiger partial charge in [-0.05, 0) is 76.4 Å². The Hall–Kier alpha value is -4.06. The minimum Gasteiger partial charge on any atom is -0.508 e. The first-order valence-electron chi connectivity index (χ1n) is 13.6. The highest BCUT2D eigenvalue weighted by Gasteiger charge is 2.51. The minimum absolute atomic E-state index is 0.219. The molecule has 3 aromatic rings. The molecule has 42 heavy (non-hydrogen) atoms. The molecule has 1 saturated heterocycles. The zero-order valence-electron chi connectivity index (χ0n) is 24.6. The molecule has 11 nitrogen and oxygen atoms in total. The molecule has 1 fully saturated rings. The van der Waals surface area contributed by atoms with Crippen LogP contribution in [0.25, 0.3) is 11.0 Å². The van der Waals surface area contributed by atoms with Crippen LogP contribution < -0.4 is 21.0 Å². The molecule has 0 radical (unpaired) electrons. The standard InChI is InChI=1S/C31H38N2O9/c1-16(2)7-9-19-13-18(8-11-22(19)34)15-32-21-14-20-10-12-23(17(3)26(20)41-28(21)36)40-29-25(35)24(33-30(37)38)27(39-6)31(4,5)42-29/h7-8,10-14,24-25,27,29,32-35H,9,15H2,1-6H3,(H,37,38)/t24-,25+,27+,29+/m0/s1. The third kappa shape index (κ3) is 6.70. The summed E-state index contributed by atoms with van der Waals surface area (Å²) in [7, 11) is 1.41. The Balaban J connectivity index is 1.55. The van der Waals surface area contributed by atoms with Crippen molar-refractivity contribution in [3.8, 4) is 11.5 Å². The van der Waals surface area contributed by atoms with Crippen LogP contribution >= 0.6 is 0 Å². The molecule has 0 saturated carbocycles. The zero-order chi connectivity index (χ0) is 30.8. The number of fused-ring (bicyclic) bond motifs is 1. The molecule has 0 bridgehead atoms. The van der Waals surface area contributed by atoms with Gasteiger partial charge in [0.2, 0.25) is 6.29 Å². The lowest BCUT2D eigenvalue weighted by atomic mass is 9.87. The predicted octanol–water partition coefficient (Wildman–Crippen LogP) is 4.45.